The van der Waals surface area contributed by atoms with Crippen molar-refractivity contribution in [2.45, 2.75) is 51.2 Å². The predicted octanol–water partition coefficient (Wildman–Crippen LogP) is 3.96. The number of benzene rings is 1. The van der Waals surface area contributed by atoms with Crippen LogP contribution in [-0.2, 0) is 6.42 Å². The van der Waals surface area contributed by atoms with Gasteiger partial charge in [0.15, 0.2) is 0 Å². The standard InChI is InChI=1S/C23H28N4O/c1-4-24-22(28)18-11-19-21(25-14(2)27(19)3)20-17(18)9-10-23(26-20)12-15-7-5-6-8-16(15)13-23/h5-7,11,13-14,25-26H,4,8-10,12H2,1-3H3,(H,24,28). The fraction of sp³-hybridized carbons (Fsp3) is 0.435. The van der Waals surface area contributed by atoms with Gasteiger partial charge < -0.3 is 20.9 Å². The van der Waals surface area contributed by atoms with E-state index in [9.17, 15) is 4.79 Å². The zero-order valence-corrected chi connectivity index (χ0v) is 16.9. The van der Waals surface area contributed by atoms with Crippen LogP contribution in [0.4, 0.5) is 17.1 Å². The van der Waals surface area contributed by atoms with Gasteiger partial charge in [0.2, 0.25) is 0 Å². The molecule has 1 spiro atoms. The van der Waals surface area contributed by atoms with Crippen LogP contribution in [0, 0.1) is 0 Å². The van der Waals surface area contributed by atoms with Crippen LogP contribution < -0.4 is 20.9 Å². The minimum atomic E-state index is -0.0418. The summed E-state index contributed by atoms with van der Waals surface area (Å²) in [5.41, 5.74) is 8.17. The molecule has 2 heterocycles. The molecule has 5 rings (SSSR count). The highest BCUT2D eigenvalue weighted by atomic mass is 16.1. The minimum Gasteiger partial charge on any atom is -0.374 e. The number of nitrogens with zero attached hydrogens (tertiary/aromatic N) is 1. The van der Waals surface area contributed by atoms with Crippen molar-refractivity contribution < 1.29 is 4.79 Å². The lowest BCUT2D eigenvalue weighted by Crippen LogP contribution is -2.39. The van der Waals surface area contributed by atoms with E-state index >= 15 is 0 Å². The highest BCUT2D eigenvalue weighted by molar-refractivity contribution is 6.03. The molecule has 0 saturated heterocycles. The average molecular weight is 377 g/mol. The summed E-state index contributed by atoms with van der Waals surface area (Å²) in [7, 11) is 2.08. The van der Waals surface area contributed by atoms with E-state index in [2.05, 4.69) is 65.2 Å². The molecule has 0 saturated carbocycles. The second-order valence-corrected chi connectivity index (χ2v) is 8.41. The second kappa shape index (κ2) is 6.16. The predicted molar refractivity (Wildman–Crippen MR) is 115 cm³/mol. The molecule has 2 unspecified atom stereocenters. The first-order chi connectivity index (χ1) is 13.5. The Labute approximate surface area is 166 Å². The number of carbonyl (C=O) groups excluding carboxylic acids is 1. The largest absolute Gasteiger partial charge is 0.374 e. The van der Waals surface area contributed by atoms with Gasteiger partial charge in [0, 0.05) is 19.2 Å². The van der Waals surface area contributed by atoms with Crippen LogP contribution in [0.25, 0.3) is 0 Å². The SMILES string of the molecule is CCNC(=O)c1cc2c(c3c1CCC1(C=C4CC=CC=C4C1)N3)NC(C)N2C. The summed E-state index contributed by atoms with van der Waals surface area (Å²) in [6.07, 6.45) is 13.3. The number of nitrogens with one attached hydrogen (secondary N) is 3. The molecule has 0 fully saturated rings. The Morgan fingerprint density at radius 3 is 3.00 bits per heavy atom. The summed E-state index contributed by atoms with van der Waals surface area (Å²) in [4.78, 5) is 15.0. The number of fused-ring (bicyclic) bond motifs is 4. The molecule has 146 valence electrons. The number of anilines is 3. The van der Waals surface area contributed by atoms with E-state index in [0.717, 1.165) is 53.9 Å². The van der Waals surface area contributed by atoms with E-state index in [1.165, 1.54) is 11.1 Å². The van der Waals surface area contributed by atoms with Crippen LogP contribution in [0.15, 0.2) is 41.5 Å². The van der Waals surface area contributed by atoms with Crippen molar-refractivity contribution in [3.63, 3.8) is 0 Å². The number of allylic oxidation sites excluding steroid dienone is 4. The van der Waals surface area contributed by atoms with Crippen molar-refractivity contribution in [1.82, 2.24) is 5.32 Å². The lowest BCUT2D eigenvalue weighted by atomic mass is 9.82. The van der Waals surface area contributed by atoms with Crippen molar-refractivity contribution in [3.05, 3.63) is 52.6 Å². The van der Waals surface area contributed by atoms with Crippen LogP contribution >= 0.6 is 0 Å². The quantitative estimate of drug-likeness (QED) is 0.731. The van der Waals surface area contributed by atoms with Gasteiger partial charge in [-0.1, -0.05) is 24.3 Å². The van der Waals surface area contributed by atoms with E-state index < -0.39 is 0 Å². The fourth-order valence-electron chi connectivity index (χ4n) is 5.07. The van der Waals surface area contributed by atoms with Gasteiger partial charge in [0.05, 0.1) is 28.8 Å². The van der Waals surface area contributed by atoms with Crippen molar-refractivity contribution in [2.75, 3.05) is 29.1 Å². The zero-order chi connectivity index (χ0) is 19.5. The topological polar surface area (TPSA) is 56.4 Å². The number of amides is 1. The van der Waals surface area contributed by atoms with Crippen molar-refractivity contribution in [2.24, 2.45) is 0 Å². The Morgan fingerprint density at radius 1 is 1.36 bits per heavy atom. The molecule has 4 aliphatic rings. The molecule has 2 aliphatic carbocycles. The third-order valence-electron chi connectivity index (χ3n) is 6.65. The summed E-state index contributed by atoms with van der Waals surface area (Å²) in [5, 5.41) is 10.5. The van der Waals surface area contributed by atoms with Gasteiger partial charge in [-0.2, -0.15) is 0 Å². The van der Waals surface area contributed by atoms with Gasteiger partial charge in [-0.3, -0.25) is 4.79 Å². The van der Waals surface area contributed by atoms with Crippen LogP contribution in [0.2, 0.25) is 0 Å². The molecular weight excluding hydrogens is 348 g/mol. The Balaban J connectivity index is 1.61. The third-order valence-corrected chi connectivity index (χ3v) is 6.65. The number of hydrogen-bond acceptors (Lipinski definition) is 4. The third kappa shape index (κ3) is 2.49. The van der Waals surface area contributed by atoms with Crippen LogP contribution in [0.1, 0.15) is 49.0 Å². The maximum atomic E-state index is 12.8. The molecule has 3 N–H and O–H groups in total. The molecule has 1 amide bonds. The molecule has 0 radical (unpaired) electrons. The number of carbonyl (C=O) groups is 1. The highest BCUT2D eigenvalue weighted by Crippen LogP contribution is 2.51. The first-order valence-electron chi connectivity index (χ1n) is 10.3. The maximum Gasteiger partial charge on any atom is 0.251 e. The van der Waals surface area contributed by atoms with Crippen LogP contribution in [0.5, 0.6) is 0 Å². The van der Waals surface area contributed by atoms with Gasteiger partial charge in [-0.25, -0.2) is 0 Å². The number of hydrogen-bond donors (Lipinski definition) is 3. The second-order valence-electron chi connectivity index (χ2n) is 8.41. The molecule has 28 heavy (non-hydrogen) atoms. The summed E-state index contributed by atoms with van der Waals surface area (Å²) < 4.78 is 0. The van der Waals surface area contributed by atoms with Crippen LogP contribution in [-0.4, -0.2) is 31.2 Å². The van der Waals surface area contributed by atoms with Gasteiger partial charge in [0.1, 0.15) is 0 Å². The van der Waals surface area contributed by atoms with Crippen molar-refractivity contribution >= 4 is 23.0 Å². The monoisotopic (exact) mass is 376 g/mol. The van der Waals surface area contributed by atoms with Crippen LogP contribution in [0.3, 0.4) is 0 Å². The zero-order valence-electron chi connectivity index (χ0n) is 16.9. The van der Waals surface area contributed by atoms with Gasteiger partial charge >= 0.3 is 0 Å². The van der Waals surface area contributed by atoms with E-state index in [1.54, 1.807) is 0 Å². The Hall–Kier alpha value is -2.69. The van der Waals surface area contributed by atoms with E-state index in [4.69, 9.17) is 0 Å². The Kier molecular flexibility index (Phi) is 3.83. The fourth-order valence-corrected chi connectivity index (χ4v) is 5.07. The molecule has 2 aliphatic heterocycles. The van der Waals surface area contributed by atoms with E-state index in [0.29, 0.717) is 6.54 Å². The summed E-state index contributed by atoms with van der Waals surface area (Å²) >= 11 is 0. The molecule has 5 heteroatoms. The molecular formula is C23H28N4O. The normalized spacial score (nSPS) is 26.7. The van der Waals surface area contributed by atoms with E-state index in [1.807, 2.05) is 6.92 Å². The molecule has 5 nitrogen and oxygen atoms in total. The summed E-state index contributed by atoms with van der Waals surface area (Å²) in [6, 6.07) is 2.06. The lowest BCUT2D eigenvalue weighted by Gasteiger charge is -2.37. The van der Waals surface area contributed by atoms with Crippen molar-refractivity contribution in [1.29, 1.82) is 0 Å². The van der Waals surface area contributed by atoms with E-state index in [-0.39, 0.29) is 17.6 Å². The molecule has 0 bridgehead atoms. The molecule has 1 aromatic rings. The van der Waals surface area contributed by atoms with Crippen molar-refractivity contribution in [3.8, 4) is 0 Å². The minimum absolute atomic E-state index is 0.0256. The van der Waals surface area contributed by atoms with Gasteiger partial charge in [-0.05, 0) is 62.3 Å². The molecule has 2 atom stereocenters. The summed E-state index contributed by atoms with van der Waals surface area (Å²) in [5.74, 6) is 0.0256. The average Bonchev–Trinajstić information content (AvgIpc) is 3.18. The first-order valence-corrected chi connectivity index (χ1v) is 10.3. The summed E-state index contributed by atoms with van der Waals surface area (Å²) in [6.45, 7) is 4.76. The molecule has 0 aromatic heterocycles. The first kappa shape index (κ1) is 17.4. The smallest absolute Gasteiger partial charge is 0.251 e. The molecule has 1 aromatic carbocycles. The maximum absolute atomic E-state index is 12.8. The lowest BCUT2D eigenvalue weighted by molar-refractivity contribution is 0.0954. The number of rotatable bonds is 2. The Morgan fingerprint density at radius 2 is 2.21 bits per heavy atom. The Bertz CT molecular complexity index is 958. The highest BCUT2D eigenvalue weighted by Gasteiger charge is 2.42. The van der Waals surface area contributed by atoms with Gasteiger partial charge in [0.25, 0.3) is 5.91 Å². The van der Waals surface area contributed by atoms with Gasteiger partial charge in [-0.15, -0.1) is 0 Å².